The highest BCUT2D eigenvalue weighted by atomic mass is 16.7. The summed E-state index contributed by atoms with van der Waals surface area (Å²) in [5.74, 6) is 0. The second-order valence-electron chi connectivity index (χ2n) is 3.79. The van der Waals surface area contributed by atoms with Gasteiger partial charge in [0, 0.05) is 17.7 Å². The summed E-state index contributed by atoms with van der Waals surface area (Å²) >= 11 is 0. The van der Waals surface area contributed by atoms with Crippen LogP contribution in [0.1, 0.15) is 25.2 Å². The summed E-state index contributed by atoms with van der Waals surface area (Å²) in [6, 6.07) is 6.35. The SMILES string of the molecule is C[C@H]1CCO[C@@H](c2cccc([N+](=O)[O-])c2)O1. The molecule has 2 atom stereocenters. The van der Waals surface area contributed by atoms with E-state index in [4.69, 9.17) is 9.47 Å². The van der Waals surface area contributed by atoms with Crippen molar-refractivity contribution in [2.75, 3.05) is 6.61 Å². The van der Waals surface area contributed by atoms with Crippen molar-refractivity contribution in [2.45, 2.75) is 25.7 Å². The first-order valence-corrected chi connectivity index (χ1v) is 5.18. The topological polar surface area (TPSA) is 61.6 Å². The molecule has 1 fully saturated rings. The lowest BCUT2D eigenvalue weighted by molar-refractivity contribution is -0.385. The molecule has 1 aliphatic rings. The normalized spacial score (nSPS) is 25.3. The molecule has 0 amide bonds. The number of hydrogen-bond acceptors (Lipinski definition) is 4. The quantitative estimate of drug-likeness (QED) is 0.570. The van der Waals surface area contributed by atoms with E-state index in [1.165, 1.54) is 12.1 Å². The maximum absolute atomic E-state index is 10.6. The molecule has 1 aromatic carbocycles. The zero-order valence-corrected chi connectivity index (χ0v) is 8.96. The molecule has 86 valence electrons. The van der Waals surface area contributed by atoms with Gasteiger partial charge in [0.2, 0.25) is 0 Å². The Labute approximate surface area is 93.1 Å². The van der Waals surface area contributed by atoms with Gasteiger partial charge in [-0.1, -0.05) is 12.1 Å². The average molecular weight is 223 g/mol. The smallest absolute Gasteiger partial charge is 0.269 e. The van der Waals surface area contributed by atoms with Crippen LogP contribution in [0.15, 0.2) is 24.3 Å². The van der Waals surface area contributed by atoms with Gasteiger partial charge < -0.3 is 9.47 Å². The predicted molar refractivity (Wildman–Crippen MR) is 57.0 cm³/mol. The number of hydrogen-bond donors (Lipinski definition) is 0. The number of nitro groups is 1. The van der Waals surface area contributed by atoms with Crippen molar-refractivity contribution in [1.82, 2.24) is 0 Å². The maximum atomic E-state index is 10.6. The van der Waals surface area contributed by atoms with E-state index in [2.05, 4.69) is 0 Å². The van der Waals surface area contributed by atoms with Gasteiger partial charge >= 0.3 is 0 Å². The molecule has 0 unspecified atom stereocenters. The molecule has 1 aromatic rings. The van der Waals surface area contributed by atoms with Gasteiger partial charge in [0.05, 0.1) is 17.6 Å². The second-order valence-corrected chi connectivity index (χ2v) is 3.79. The van der Waals surface area contributed by atoms with Crippen LogP contribution in [0.5, 0.6) is 0 Å². The molecular formula is C11H13NO4. The fourth-order valence-electron chi connectivity index (χ4n) is 1.62. The largest absolute Gasteiger partial charge is 0.348 e. The third-order valence-corrected chi connectivity index (χ3v) is 2.50. The van der Waals surface area contributed by atoms with Crippen LogP contribution in [0.2, 0.25) is 0 Å². The minimum Gasteiger partial charge on any atom is -0.348 e. The number of rotatable bonds is 2. The Morgan fingerprint density at radius 2 is 2.31 bits per heavy atom. The zero-order valence-electron chi connectivity index (χ0n) is 8.96. The van der Waals surface area contributed by atoms with Crippen LogP contribution in [0.4, 0.5) is 5.69 Å². The van der Waals surface area contributed by atoms with Crippen LogP contribution < -0.4 is 0 Å². The van der Waals surface area contributed by atoms with E-state index in [1.807, 2.05) is 6.92 Å². The predicted octanol–water partition coefficient (Wildman–Crippen LogP) is 2.42. The molecule has 5 heteroatoms. The number of ether oxygens (including phenoxy) is 2. The summed E-state index contributed by atoms with van der Waals surface area (Å²) < 4.78 is 11.0. The Balaban J connectivity index is 2.19. The molecule has 2 rings (SSSR count). The van der Waals surface area contributed by atoms with Crippen molar-refractivity contribution in [3.8, 4) is 0 Å². The van der Waals surface area contributed by atoms with Crippen molar-refractivity contribution in [3.05, 3.63) is 39.9 Å². The van der Waals surface area contributed by atoms with E-state index < -0.39 is 11.2 Å². The summed E-state index contributed by atoms with van der Waals surface area (Å²) in [4.78, 5) is 10.2. The van der Waals surface area contributed by atoms with Gasteiger partial charge in [0.25, 0.3) is 5.69 Å². The Kier molecular flexibility index (Phi) is 3.17. The van der Waals surface area contributed by atoms with E-state index >= 15 is 0 Å². The van der Waals surface area contributed by atoms with Crippen LogP contribution in [0.3, 0.4) is 0 Å². The van der Waals surface area contributed by atoms with Crippen molar-refractivity contribution in [2.24, 2.45) is 0 Å². The first-order chi connectivity index (χ1) is 7.66. The Hall–Kier alpha value is -1.46. The van der Waals surface area contributed by atoms with E-state index in [9.17, 15) is 10.1 Å². The minimum atomic E-state index is -0.483. The van der Waals surface area contributed by atoms with Crippen LogP contribution in [-0.2, 0) is 9.47 Å². The number of non-ortho nitro benzene ring substituents is 1. The van der Waals surface area contributed by atoms with Gasteiger partial charge in [-0.3, -0.25) is 10.1 Å². The molecule has 0 aliphatic carbocycles. The van der Waals surface area contributed by atoms with Crippen LogP contribution in [0, 0.1) is 10.1 Å². The lowest BCUT2D eigenvalue weighted by Gasteiger charge is -2.28. The third kappa shape index (κ3) is 2.37. The molecular weight excluding hydrogens is 210 g/mol. The van der Waals surface area contributed by atoms with E-state index in [0.717, 1.165) is 6.42 Å². The van der Waals surface area contributed by atoms with Crippen LogP contribution >= 0.6 is 0 Å². The minimum absolute atomic E-state index is 0.0583. The molecule has 0 spiro atoms. The first kappa shape index (κ1) is 11.0. The molecule has 1 aliphatic heterocycles. The molecule has 0 aromatic heterocycles. The average Bonchev–Trinajstić information content (AvgIpc) is 2.29. The standard InChI is InChI=1S/C11H13NO4/c1-8-5-6-15-11(16-8)9-3-2-4-10(7-9)12(13)14/h2-4,7-8,11H,5-6H2,1H3/t8-,11+/m0/s1. The monoisotopic (exact) mass is 223 g/mol. The highest BCUT2D eigenvalue weighted by Gasteiger charge is 2.22. The summed E-state index contributed by atoms with van der Waals surface area (Å²) in [6.45, 7) is 2.58. The van der Waals surface area contributed by atoms with Gasteiger partial charge in [-0.25, -0.2) is 0 Å². The van der Waals surface area contributed by atoms with Crippen molar-refractivity contribution >= 4 is 5.69 Å². The highest BCUT2D eigenvalue weighted by molar-refractivity contribution is 5.34. The van der Waals surface area contributed by atoms with Crippen molar-refractivity contribution in [1.29, 1.82) is 0 Å². The molecule has 5 nitrogen and oxygen atoms in total. The molecule has 0 bridgehead atoms. The maximum Gasteiger partial charge on any atom is 0.269 e. The summed E-state index contributed by atoms with van der Waals surface area (Å²) in [5, 5.41) is 10.6. The van der Waals surface area contributed by atoms with Gasteiger partial charge in [0.1, 0.15) is 0 Å². The van der Waals surface area contributed by atoms with E-state index in [0.29, 0.717) is 12.2 Å². The molecule has 0 N–H and O–H groups in total. The molecule has 0 saturated carbocycles. The van der Waals surface area contributed by atoms with Gasteiger partial charge in [-0.15, -0.1) is 0 Å². The molecule has 1 heterocycles. The molecule has 0 radical (unpaired) electrons. The van der Waals surface area contributed by atoms with Gasteiger partial charge in [-0.2, -0.15) is 0 Å². The fraction of sp³-hybridized carbons (Fsp3) is 0.455. The molecule has 1 saturated heterocycles. The van der Waals surface area contributed by atoms with Crippen molar-refractivity contribution in [3.63, 3.8) is 0 Å². The fourth-order valence-corrected chi connectivity index (χ4v) is 1.62. The lowest BCUT2D eigenvalue weighted by atomic mass is 10.1. The van der Waals surface area contributed by atoms with Crippen molar-refractivity contribution < 1.29 is 14.4 Å². The second kappa shape index (κ2) is 4.59. The summed E-state index contributed by atoms with van der Waals surface area (Å²) in [7, 11) is 0. The number of benzene rings is 1. The van der Waals surface area contributed by atoms with E-state index in [1.54, 1.807) is 12.1 Å². The zero-order chi connectivity index (χ0) is 11.5. The number of nitrogens with zero attached hydrogens (tertiary/aromatic N) is 1. The summed E-state index contributed by atoms with van der Waals surface area (Å²) in [5.41, 5.74) is 0.753. The van der Waals surface area contributed by atoms with Gasteiger partial charge in [0.15, 0.2) is 6.29 Å². The van der Waals surface area contributed by atoms with Crippen LogP contribution in [-0.4, -0.2) is 17.6 Å². The Morgan fingerprint density at radius 3 is 3.00 bits per heavy atom. The van der Waals surface area contributed by atoms with E-state index in [-0.39, 0.29) is 11.8 Å². The first-order valence-electron chi connectivity index (χ1n) is 5.18. The van der Waals surface area contributed by atoms with Gasteiger partial charge in [-0.05, 0) is 13.3 Å². The Morgan fingerprint density at radius 1 is 1.50 bits per heavy atom. The summed E-state index contributed by atoms with van der Waals surface area (Å²) in [6.07, 6.45) is 0.493. The highest BCUT2D eigenvalue weighted by Crippen LogP contribution is 2.28. The third-order valence-electron chi connectivity index (χ3n) is 2.50. The lowest BCUT2D eigenvalue weighted by Crippen LogP contribution is -2.24. The number of nitro benzene ring substituents is 1. The molecule has 16 heavy (non-hydrogen) atoms. The van der Waals surface area contributed by atoms with Crippen LogP contribution in [0.25, 0.3) is 0 Å². The Bertz CT molecular complexity index is 393.